The fourth-order valence-electron chi connectivity index (χ4n) is 4.87. The maximum atomic E-state index is 14.1. The van der Waals surface area contributed by atoms with Crippen molar-refractivity contribution in [2.45, 2.75) is 149 Å². The fourth-order valence-corrected chi connectivity index (χ4v) is 20.0. The van der Waals surface area contributed by atoms with E-state index in [1.54, 1.807) is 6.92 Å². The van der Waals surface area contributed by atoms with Crippen LogP contribution < -0.4 is 0 Å². The molecular weight excluding hydrogens is 673 g/mol. The van der Waals surface area contributed by atoms with Gasteiger partial charge in [0, 0.05) is 11.1 Å². The lowest BCUT2D eigenvalue weighted by atomic mass is 10.0. The summed E-state index contributed by atoms with van der Waals surface area (Å²) in [5, 5.41) is 0. The Labute approximate surface area is 280 Å². The van der Waals surface area contributed by atoms with Crippen molar-refractivity contribution < 1.29 is 40.6 Å². The maximum Gasteiger partial charge on any atom is 0.379 e. The molecular formula is C30H64O9Si6. The largest absolute Gasteiger partial charge is 0.535 e. The van der Waals surface area contributed by atoms with Crippen LogP contribution in [0.5, 0.6) is 0 Å². The van der Waals surface area contributed by atoms with Gasteiger partial charge in [-0.25, -0.2) is 9.59 Å². The van der Waals surface area contributed by atoms with E-state index in [0.29, 0.717) is 0 Å². The lowest BCUT2D eigenvalue weighted by Crippen LogP contribution is -2.67. The number of hydrogen-bond donors (Lipinski definition) is 0. The van der Waals surface area contributed by atoms with Crippen molar-refractivity contribution in [2.75, 3.05) is 6.61 Å². The molecule has 0 amide bonds. The molecule has 1 aliphatic carbocycles. The molecule has 1 saturated carbocycles. The van der Waals surface area contributed by atoms with E-state index in [1.165, 1.54) is 0 Å². The minimum Gasteiger partial charge on any atom is -0.535 e. The maximum absolute atomic E-state index is 14.1. The highest BCUT2D eigenvalue weighted by Gasteiger charge is 2.59. The first-order chi connectivity index (χ1) is 20.0. The van der Waals surface area contributed by atoms with Crippen molar-refractivity contribution in [3.63, 3.8) is 0 Å². The molecule has 0 spiro atoms. The van der Waals surface area contributed by atoms with Crippen LogP contribution in [0.15, 0.2) is 23.9 Å². The zero-order valence-corrected chi connectivity index (χ0v) is 37.3. The van der Waals surface area contributed by atoms with Gasteiger partial charge >= 0.3 is 26.4 Å². The summed E-state index contributed by atoms with van der Waals surface area (Å²) in [6.45, 7) is 36.1. The normalized spacial score (nSPS) is 16.4. The van der Waals surface area contributed by atoms with Crippen LogP contribution in [0.1, 0.15) is 39.0 Å². The SMILES string of the molecule is C=C(C)C(=O)OC(COC(=O)C(O[Si](C)(C)C)=C(O[Si](C)(C)C)O[Si](C)(C)C)[Si](O[Si](C)(C)C)(O[Si](C)(C)C)C1CCCCC1. The van der Waals surface area contributed by atoms with Gasteiger partial charge in [0.05, 0.1) is 0 Å². The van der Waals surface area contributed by atoms with Crippen LogP contribution in [0.25, 0.3) is 0 Å². The molecule has 0 aromatic carbocycles. The monoisotopic (exact) mass is 736 g/mol. The van der Waals surface area contributed by atoms with Crippen molar-refractivity contribution in [2.24, 2.45) is 0 Å². The van der Waals surface area contributed by atoms with Gasteiger partial charge in [-0.3, -0.25) is 0 Å². The van der Waals surface area contributed by atoms with Gasteiger partial charge in [-0.1, -0.05) is 25.8 Å². The standard InChI is InChI=1S/C30H64O9Si6/c1-24(2)28(31)34-26(45(38-43(12,13)14,39-44(15,16)17)25-21-19-18-20-22-25)23-33-29(32)27(35-40(3,4)5)30(36-41(6,7)8)37-42(9,10)11/h25-26H,1,18-23H2,2-17H3. The second-order valence-electron chi connectivity index (χ2n) is 17.0. The molecule has 9 nitrogen and oxygen atoms in total. The van der Waals surface area contributed by atoms with E-state index in [1.807, 2.05) is 58.9 Å². The quantitative estimate of drug-likeness (QED) is 0.0628. The van der Waals surface area contributed by atoms with Crippen molar-refractivity contribution in [1.29, 1.82) is 0 Å². The number of carbonyl (C=O) groups is 2. The lowest BCUT2D eigenvalue weighted by Gasteiger charge is -2.49. The van der Waals surface area contributed by atoms with Crippen LogP contribution in [0.3, 0.4) is 0 Å². The van der Waals surface area contributed by atoms with Crippen LogP contribution in [-0.4, -0.2) is 74.4 Å². The molecule has 262 valence electrons. The summed E-state index contributed by atoms with van der Waals surface area (Å²) < 4.78 is 45.7. The van der Waals surface area contributed by atoms with E-state index >= 15 is 0 Å². The van der Waals surface area contributed by atoms with Gasteiger partial charge in [0.1, 0.15) is 6.61 Å². The molecule has 15 heteroatoms. The van der Waals surface area contributed by atoms with Gasteiger partial charge in [-0.15, -0.1) is 0 Å². The average Bonchev–Trinajstić information content (AvgIpc) is 2.80. The predicted octanol–water partition coefficient (Wildman–Crippen LogP) is 8.76. The third-order valence-electron chi connectivity index (χ3n) is 6.09. The molecule has 1 unspecified atom stereocenters. The van der Waals surface area contributed by atoms with Gasteiger partial charge in [0.15, 0.2) is 22.4 Å². The molecule has 1 atom stereocenters. The fraction of sp³-hybridized carbons (Fsp3) is 0.800. The highest BCUT2D eigenvalue weighted by atomic mass is 28.5. The number of carbonyl (C=O) groups excluding carboxylic acids is 2. The summed E-state index contributed by atoms with van der Waals surface area (Å²) >= 11 is 0. The minimum atomic E-state index is -3.39. The van der Waals surface area contributed by atoms with E-state index in [2.05, 4.69) is 45.9 Å². The highest BCUT2D eigenvalue weighted by Crippen LogP contribution is 2.44. The Morgan fingerprint density at radius 2 is 1.07 bits per heavy atom. The average molecular weight is 737 g/mol. The summed E-state index contributed by atoms with van der Waals surface area (Å²) in [6.07, 6.45) is 5.07. The zero-order valence-electron chi connectivity index (χ0n) is 31.3. The Morgan fingerprint density at radius 3 is 1.42 bits per heavy atom. The Morgan fingerprint density at radius 1 is 0.644 bits per heavy atom. The summed E-state index contributed by atoms with van der Waals surface area (Å²) in [5.74, 6) is -1.25. The van der Waals surface area contributed by atoms with Crippen LogP contribution >= 0.6 is 0 Å². The highest BCUT2D eigenvalue weighted by molar-refractivity contribution is 6.89. The first-order valence-electron chi connectivity index (χ1n) is 16.3. The summed E-state index contributed by atoms with van der Waals surface area (Å²) in [5.41, 5.74) is -0.559. The third kappa shape index (κ3) is 16.1. The Bertz CT molecular complexity index is 1020. The van der Waals surface area contributed by atoms with Crippen molar-refractivity contribution in [1.82, 2.24) is 0 Å². The first-order valence-corrected chi connectivity index (χ1v) is 35.3. The Kier molecular flexibility index (Phi) is 14.9. The Hall–Kier alpha value is -0.959. The molecule has 0 heterocycles. The van der Waals surface area contributed by atoms with Gasteiger partial charge in [-0.05, 0) is 118 Å². The third-order valence-corrected chi connectivity index (χ3v) is 18.9. The molecule has 0 radical (unpaired) electrons. The van der Waals surface area contributed by atoms with Gasteiger partial charge in [-0.2, -0.15) is 0 Å². The van der Waals surface area contributed by atoms with Gasteiger partial charge < -0.3 is 31.0 Å². The first kappa shape index (κ1) is 42.1. The number of hydrogen-bond acceptors (Lipinski definition) is 9. The number of esters is 2. The van der Waals surface area contributed by atoms with Crippen LogP contribution in [0, 0.1) is 0 Å². The Balaban J connectivity index is 3.85. The molecule has 0 saturated heterocycles. The topological polar surface area (TPSA) is 98.8 Å². The molecule has 0 bridgehead atoms. The van der Waals surface area contributed by atoms with Crippen LogP contribution in [0.4, 0.5) is 0 Å². The molecule has 1 aliphatic rings. The van der Waals surface area contributed by atoms with Crippen LogP contribution in [-0.2, 0) is 40.6 Å². The van der Waals surface area contributed by atoms with Crippen molar-refractivity contribution in [3.05, 3.63) is 23.9 Å². The zero-order chi connectivity index (χ0) is 35.2. The van der Waals surface area contributed by atoms with E-state index in [4.69, 9.17) is 31.0 Å². The molecule has 45 heavy (non-hydrogen) atoms. The summed E-state index contributed by atoms with van der Waals surface area (Å²) in [7, 11) is -14.7. The summed E-state index contributed by atoms with van der Waals surface area (Å²) in [4.78, 5) is 27.3. The molecule has 1 fully saturated rings. The van der Waals surface area contributed by atoms with E-state index in [0.717, 1.165) is 32.1 Å². The molecule has 1 rings (SSSR count). The van der Waals surface area contributed by atoms with E-state index < -0.39 is 67.8 Å². The lowest BCUT2D eigenvalue weighted by molar-refractivity contribution is -0.153. The van der Waals surface area contributed by atoms with Crippen molar-refractivity contribution in [3.8, 4) is 0 Å². The smallest absolute Gasteiger partial charge is 0.379 e. The van der Waals surface area contributed by atoms with Crippen LogP contribution in [0.2, 0.25) is 104 Å². The second-order valence-corrected chi connectivity index (χ2v) is 43.3. The number of rotatable bonds is 17. The number of ether oxygens (including phenoxy) is 2. The molecule has 0 N–H and O–H groups in total. The molecule has 0 aromatic rings. The molecule has 0 aromatic heterocycles. The van der Waals surface area contributed by atoms with E-state index in [9.17, 15) is 9.59 Å². The van der Waals surface area contributed by atoms with Gasteiger partial charge in [0.2, 0.25) is 25.0 Å². The van der Waals surface area contributed by atoms with E-state index in [-0.39, 0.29) is 29.4 Å². The summed E-state index contributed by atoms with van der Waals surface area (Å²) in [6, 6.07) is 0. The van der Waals surface area contributed by atoms with Crippen molar-refractivity contribution >= 4 is 62.1 Å². The predicted molar refractivity (Wildman–Crippen MR) is 197 cm³/mol. The van der Waals surface area contributed by atoms with Gasteiger partial charge in [0.25, 0.3) is 5.76 Å². The molecule has 0 aliphatic heterocycles. The minimum absolute atomic E-state index is 0.0637. The second kappa shape index (κ2) is 16.0.